The van der Waals surface area contributed by atoms with E-state index in [0.717, 1.165) is 20.3 Å². The lowest BCUT2D eigenvalue weighted by molar-refractivity contribution is -0.901. The van der Waals surface area contributed by atoms with Crippen LogP contribution >= 0.6 is 11.6 Å². The van der Waals surface area contributed by atoms with Gasteiger partial charge in [0.1, 0.15) is 12.3 Å². The Hall–Kier alpha value is -2.12. The molecule has 7 nitrogen and oxygen atoms in total. The Kier molecular flexibility index (Phi) is 6.02. The Morgan fingerprint density at radius 1 is 1.16 bits per heavy atom. The van der Waals surface area contributed by atoms with E-state index < -0.39 is 17.8 Å². The summed E-state index contributed by atoms with van der Waals surface area (Å²) in [5.41, 5.74) is 0.858. The fourth-order valence-electron chi connectivity index (χ4n) is 2.75. The second-order valence-electron chi connectivity index (χ2n) is 6.57. The maximum Gasteiger partial charge on any atom is 0.338 e. The van der Waals surface area contributed by atoms with Gasteiger partial charge in [-0.3, -0.25) is 14.5 Å². The molecule has 1 fully saturated rings. The number of halogens is 1. The zero-order chi connectivity index (χ0) is 18.7. The van der Waals surface area contributed by atoms with Gasteiger partial charge in [0.2, 0.25) is 0 Å². The average Bonchev–Trinajstić information content (AvgIpc) is 2.72. The normalized spacial score (nSPS) is 16.2. The van der Waals surface area contributed by atoms with E-state index in [0.29, 0.717) is 17.3 Å². The Morgan fingerprint density at radius 3 is 2.40 bits per heavy atom. The maximum atomic E-state index is 12.4. The summed E-state index contributed by atoms with van der Waals surface area (Å²) in [7, 11) is 3.40. The minimum atomic E-state index is -0.775. The summed E-state index contributed by atoms with van der Waals surface area (Å²) in [6.45, 7) is 4.58. The van der Waals surface area contributed by atoms with Crippen molar-refractivity contribution in [3.05, 3.63) is 28.8 Å². The number of imide groups is 2. The van der Waals surface area contributed by atoms with Crippen LogP contribution in [0.3, 0.4) is 0 Å². The van der Waals surface area contributed by atoms with Gasteiger partial charge in [0.15, 0.2) is 6.67 Å². The van der Waals surface area contributed by atoms with Gasteiger partial charge in [-0.1, -0.05) is 25.4 Å². The van der Waals surface area contributed by atoms with Crippen LogP contribution < -0.4 is 9.64 Å². The lowest BCUT2D eigenvalue weighted by Gasteiger charge is -2.21. The lowest BCUT2D eigenvalue weighted by atomic mass is 10.2. The molecule has 4 amide bonds. The van der Waals surface area contributed by atoms with Gasteiger partial charge in [-0.25, -0.2) is 9.69 Å². The second kappa shape index (κ2) is 7.84. The van der Waals surface area contributed by atoms with Crippen molar-refractivity contribution in [1.82, 2.24) is 9.80 Å². The van der Waals surface area contributed by atoms with Crippen LogP contribution in [-0.2, 0) is 16.1 Å². The van der Waals surface area contributed by atoms with Crippen molar-refractivity contribution in [2.75, 3.05) is 27.4 Å². The van der Waals surface area contributed by atoms with Gasteiger partial charge in [-0.2, -0.15) is 0 Å². The third-order valence-corrected chi connectivity index (χ3v) is 4.08. The summed E-state index contributed by atoms with van der Waals surface area (Å²) >= 11 is 6.03. The van der Waals surface area contributed by atoms with Crippen LogP contribution in [0.5, 0.6) is 5.75 Å². The van der Waals surface area contributed by atoms with E-state index >= 15 is 0 Å². The predicted molar refractivity (Wildman–Crippen MR) is 92.3 cm³/mol. The molecule has 0 radical (unpaired) electrons. The molecule has 1 aliphatic rings. The lowest BCUT2D eigenvalue weighted by Crippen LogP contribution is -3.09. The van der Waals surface area contributed by atoms with Gasteiger partial charge in [0.25, 0.3) is 0 Å². The Morgan fingerprint density at radius 2 is 1.80 bits per heavy atom. The second-order valence-corrected chi connectivity index (χ2v) is 7.01. The molecule has 8 heteroatoms. The molecule has 0 spiro atoms. The number of nitrogens with one attached hydrogen (secondary N) is 1. The summed E-state index contributed by atoms with van der Waals surface area (Å²) in [4.78, 5) is 39.4. The minimum Gasteiger partial charge on any atom is -0.496 e. The van der Waals surface area contributed by atoms with Gasteiger partial charge >= 0.3 is 17.8 Å². The molecule has 1 unspecified atom stereocenters. The number of amides is 4. The van der Waals surface area contributed by atoms with Crippen LogP contribution in [0.15, 0.2) is 18.2 Å². The number of methoxy groups -OCH3 is 1. The molecule has 136 valence electrons. The zero-order valence-corrected chi connectivity index (χ0v) is 15.6. The molecule has 0 aromatic heterocycles. The van der Waals surface area contributed by atoms with Gasteiger partial charge in [0.05, 0.1) is 14.2 Å². The van der Waals surface area contributed by atoms with Crippen molar-refractivity contribution in [3.8, 4) is 5.75 Å². The van der Waals surface area contributed by atoms with Gasteiger partial charge in [-0.05, 0) is 24.1 Å². The first-order chi connectivity index (χ1) is 11.7. The molecule has 0 aliphatic carbocycles. The van der Waals surface area contributed by atoms with Crippen molar-refractivity contribution in [2.45, 2.75) is 20.4 Å². The molecule has 0 saturated carbocycles. The molecule has 1 aromatic carbocycles. The molecule has 1 N–H and O–H groups in total. The van der Waals surface area contributed by atoms with Crippen molar-refractivity contribution < 1.29 is 24.0 Å². The third-order valence-electron chi connectivity index (χ3n) is 3.85. The smallest absolute Gasteiger partial charge is 0.338 e. The van der Waals surface area contributed by atoms with E-state index in [4.69, 9.17) is 16.3 Å². The van der Waals surface area contributed by atoms with Crippen LogP contribution in [0, 0.1) is 5.92 Å². The zero-order valence-electron chi connectivity index (χ0n) is 14.8. The average molecular weight is 369 g/mol. The molecule has 1 aliphatic heterocycles. The van der Waals surface area contributed by atoms with Crippen molar-refractivity contribution >= 4 is 29.4 Å². The Balaban J connectivity index is 2.09. The number of benzene rings is 1. The highest BCUT2D eigenvalue weighted by Gasteiger charge is 2.45. The number of carbonyl (C=O) groups excluding carboxylic acids is 3. The number of quaternary nitrogens is 1. The van der Waals surface area contributed by atoms with Gasteiger partial charge in [-0.15, -0.1) is 0 Å². The summed E-state index contributed by atoms with van der Waals surface area (Å²) < 4.78 is 5.31. The largest absolute Gasteiger partial charge is 0.496 e. The Labute approximate surface area is 152 Å². The van der Waals surface area contributed by atoms with Crippen LogP contribution in [0.1, 0.15) is 19.4 Å². The summed E-state index contributed by atoms with van der Waals surface area (Å²) in [6.07, 6.45) is 0. The van der Waals surface area contributed by atoms with Crippen LogP contribution in [0.25, 0.3) is 0 Å². The van der Waals surface area contributed by atoms with Crippen molar-refractivity contribution in [2.24, 2.45) is 5.92 Å². The van der Waals surface area contributed by atoms with Crippen molar-refractivity contribution in [3.63, 3.8) is 0 Å². The van der Waals surface area contributed by atoms with E-state index in [-0.39, 0.29) is 19.1 Å². The summed E-state index contributed by atoms with van der Waals surface area (Å²) in [5, 5.41) is 0.579. The first-order valence-corrected chi connectivity index (χ1v) is 8.43. The number of urea groups is 1. The van der Waals surface area contributed by atoms with Gasteiger partial charge in [0, 0.05) is 17.1 Å². The molecule has 0 bridgehead atoms. The number of hydrogen-bond donors (Lipinski definition) is 1. The van der Waals surface area contributed by atoms with Gasteiger partial charge < -0.3 is 9.64 Å². The third kappa shape index (κ3) is 4.29. The standard InChI is InChI=1S/C17H22ClN3O4/c1-11(2)8-20-15(22)16(23)21(17(20)24)10-19(3)9-12-7-13(18)5-6-14(12)25-4/h5-7,11H,8-10H2,1-4H3/p+1. The molecule has 1 heterocycles. The number of ether oxygens (including phenoxy) is 1. The minimum absolute atomic E-state index is 0.0909. The Bertz CT molecular complexity index is 692. The molecular weight excluding hydrogens is 346 g/mol. The fraction of sp³-hybridized carbons (Fsp3) is 0.471. The number of nitrogens with zero attached hydrogens (tertiary/aromatic N) is 2. The molecule has 2 rings (SSSR count). The topological polar surface area (TPSA) is 71.4 Å². The number of rotatable bonds is 7. The maximum absolute atomic E-state index is 12.4. The first kappa shape index (κ1) is 19.2. The van der Waals surface area contributed by atoms with Crippen molar-refractivity contribution in [1.29, 1.82) is 0 Å². The summed E-state index contributed by atoms with van der Waals surface area (Å²) in [6, 6.07) is 4.73. The van der Waals surface area contributed by atoms with E-state index in [2.05, 4.69) is 0 Å². The summed E-state index contributed by atoms with van der Waals surface area (Å²) in [5.74, 6) is -0.753. The quantitative estimate of drug-likeness (QED) is 0.570. The molecule has 25 heavy (non-hydrogen) atoms. The van der Waals surface area contributed by atoms with Crippen LogP contribution in [0.2, 0.25) is 5.02 Å². The molecule has 1 saturated heterocycles. The molecule has 1 atom stereocenters. The highest BCUT2D eigenvalue weighted by atomic mass is 35.5. The molecule has 1 aromatic rings. The van der Waals surface area contributed by atoms with Crippen LogP contribution in [0.4, 0.5) is 4.79 Å². The highest BCUT2D eigenvalue weighted by molar-refractivity contribution is 6.44. The number of carbonyl (C=O) groups is 3. The fourth-order valence-corrected chi connectivity index (χ4v) is 2.95. The molecular formula is C17H23ClN3O4+. The van der Waals surface area contributed by atoms with E-state index in [9.17, 15) is 14.4 Å². The monoisotopic (exact) mass is 368 g/mol. The van der Waals surface area contributed by atoms with E-state index in [1.165, 1.54) is 0 Å². The van der Waals surface area contributed by atoms with E-state index in [1.807, 2.05) is 20.9 Å². The van der Waals surface area contributed by atoms with E-state index in [1.54, 1.807) is 25.3 Å². The number of hydrogen-bond acceptors (Lipinski definition) is 4. The van der Waals surface area contributed by atoms with Crippen LogP contribution in [-0.4, -0.2) is 55.0 Å². The predicted octanol–water partition coefficient (Wildman–Crippen LogP) is 0.768. The SMILES string of the molecule is COc1ccc(Cl)cc1C[NH+](C)CN1C(=O)C(=O)N(CC(C)C)C1=O. The highest BCUT2D eigenvalue weighted by Crippen LogP contribution is 2.21. The first-order valence-electron chi connectivity index (χ1n) is 8.05.